The Labute approximate surface area is 144 Å². The molecular weight excluding hydrogens is 312 g/mol. The van der Waals surface area contributed by atoms with Gasteiger partial charge in [0.05, 0.1) is 12.5 Å². The molecule has 5 heteroatoms. The summed E-state index contributed by atoms with van der Waals surface area (Å²) in [6.45, 7) is 3.31. The molecule has 23 heavy (non-hydrogen) atoms. The third kappa shape index (κ3) is 3.99. The van der Waals surface area contributed by atoms with Gasteiger partial charge < -0.3 is 15.8 Å². The molecular formula is C18H27ClN2O2. The van der Waals surface area contributed by atoms with Crippen LogP contribution in [0.1, 0.15) is 31.2 Å². The highest BCUT2D eigenvalue weighted by Crippen LogP contribution is 2.47. The molecule has 4 nitrogen and oxygen atoms in total. The van der Waals surface area contributed by atoms with Crippen molar-refractivity contribution in [1.29, 1.82) is 0 Å². The first kappa shape index (κ1) is 18.1. The van der Waals surface area contributed by atoms with Gasteiger partial charge in [0.15, 0.2) is 0 Å². The van der Waals surface area contributed by atoms with E-state index in [0.29, 0.717) is 25.0 Å². The second kappa shape index (κ2) is 8.02. The summed E-state index contributed by atoms with van der Waals surface area (Å²) in [7, 11) is 0. The van der Waals surface area contributed by atoms with Gasteiger partial charge in [0, 0.05) is 12.6 Å². The van der Waals surface area contributed by atoms with Crippen molar-refractivity contribution in [1.82, 2.24) is 5.32 Å². The zero-order chi connectivity index (χ0) is 15.5. The summed E-state index contributed by atoms with van der Waals surface area (Å²) >= 11 is 0. The molecule has 128 valence electrons. The summed E-state index contributed by atoms with van der Waals surface area (Å²) in [5, 5.41) is 3.04. The Morgan fingerprint density at radius 1 is 1.30 bits per heavy atom. The van der Waals surface area contributed by atoms with Crippen molar-refractivity contribution in [3.63, 3.8) is 0 Å². The van der Waals surface area contributed by atoms with E-state index in [2.05, 4.69) is 5.32 Å². The van der Waals surface area contributed by atoms with E-state index in [1.807, 2.05) is 31.2 Å². The van der Waals surface area contributed by atoms with Crippen molar-refractivity contribution in [2.45, 2.75) is 38.6 Å². The molecule has 2 aliphatic carbocycles. The molecule has 0 aliphatic heterocycles. The van der Waals surface area contributed by atoms with Crippen LogP contribution >= 0.6 is 12.4 Å². The van der Waals surface area contributed by atoms with Crippen molar-refractivity contribution < 1.29 is 9.53 Å². The summed E-state index contributed by atoms with van der Waals surface area (Å²) < 4.78 is 5.74. The highest BCUT2D eigenvalue weighted by Gasteiger charge is 2.48. The largest absolute Gasteiger partial charge is 0.493 e. The van der Waals surface area contributed by atoms with Crippen LogP contribution in [-0.2, 0) is 4.79 Å². The third-order valence-corrected chi connectivity index (χ3v) is 5.25. The number of carbonyl (C=O) groups is 1. The highest BCUT2D eigenvalue weighted by atomic mass is 35.5. The van der Waals surface area contributed by atoms with Crippen LogP contribution in [0.3, 0.4) is 0 Å². The number of para-hydroxylation sites is 1. The summed E-state index contributed by atoms with van der Waals surface area (Å²) in [4.78, 5) is 12.3. The van der Waals surface area contributed by atoms with Crippen LogP contribution in [-0.4, -0.2) is 25.1 Å². The molecule has 1 aromatic carbocycles. The fourth-order valence-electron chi connectivity index (χ4n) is 4.03. The van der Waals surface area contributed by atoms with Crippen LogP contribution < -0.4 is 15.8 Å². The van der Waals surface area contributed by atoms with Crippen LogP contribution in [0.2, 0.25) is 0 Å². The van der Waals surface area contributed by atoms with E-state index in [1.165, 1.54) is 12.8 Å². The topological polar surface area (TPSA) is 64.3 Å². The lowest BCUT2D eigenvalue weighted by Crippen LogP contribution is -2.45. The van der Waals surface area contributed by atoms with E-state index in [9.17, 15) is 4.79 Å². The van der Waals surface area contributed by atoms with Gasteiger partial charge in [-0.15, -0.1) is 12.4 Å². The average Bonchev–Trinajstić information content (AvgIpc) is 3.09. The predicted molar refractivity (Wildman–Crippen MR) is 93.8 cm³/mol. The molecule has 0 aromatic heterocycles. The first-order valence-corrected chi connectivity index (χ1v) is 8.38. The van der Waals surface area contributed by atoms with Crippen LogP contribution in [0.5, 0.6) is 5.75 Å². The number of benzene rings is 1. The summed E-state index contributed by atoms with van der Waals surface area (Å²) in [5.41, 5.74) is 7.34. The van der Waals surface area contributed by atoms with Crippen LogP contribution in [0.25, 0.3) is 0 Å². The van der Waals surface area contributed by atoms with Gasteiger partial charge in [0.25, 0.3) is 0 Å². The molecule has 4 unspecified atom stereocenters. The Hall–Kier alpha value is -1.26. The van der Waals surface area contributed by atoms with Crippen LogP contribution in [0.15, 0.2) is 24.3 Å². The number of aryl methyl sites for hydroxylation is 1. The lowest BCUT2D eigenvalue weighted by atomic mass is 9.84. The second-order valence-electron chi connectivity index (χ2n) is 6.69. The number of carbonyl (C=O) groups excluding carboxylic acids is 1. The molecule has 3 N–H and O–H groups in total. The summed E-state index contributed by atoms with van der Waals surface area (Å²) in [6.07, 6.45) is 4.35. The van der Waals surface area contributed by atoms with Crippen molar-refractivity contribution >= 4 is 18.3 Å². The standard InChI is InChI=1S/C18H26N2O2.ClH/c1-12-5-2-3-6-15(12)22-10-4-9-20-18(21)16-13-7-8-14(11-13)17(16)19;/h2-3,5-6,13-14,16-17H,4,7-11,19H2,1H3,(H,20,21);1H. The first-order chi connectivity index (χ1) is 10.7. The minimum absolute atomic E-state index is 0. The van der Waals surface area contributed by atoms with Crippen LogP contribution in [0, 0.1) is 24.7 Å². The number of fused-ring (bicyclic) bond motifs is 2. The van der Waals surface area contributed by atoms with Crippen LogP contribution in [0.4, 0.5) is 0 Å². The number of nitrogens with one attached hydrogen (secondary N) is 1. The normalized spacial score (nSPS) is 28.3. The Morgan fingerprint density at radius 2 is 2.04 bits per heavy atom. The molecule has 1 aromatic rings. The fraction of sp³-hybridized carbons (Fsp3) is 0.611. The van der Waals surface area contributed by atoms with E-state index < -0.39 is 0 Å². The lowest BCUT2D eigenvalue weighted by molar-refractivity contribution is -0.127. The Morgan fingerprint density at radius 3 is 2.74 bits per heavy atom. The minimum Gasteiger partial charge on any atom is -0.493 e. The zero-order valence-electron chi connectivity index (χ0n) is 13.7. The number of rotatable bonds is 6. The molecule has 0 radical (unpaired) electrons. The molecule has 0 spiro atoms. The molecule has 2 saturated carbocycles. The Balaban J connectivity index is 0.00000192. The smallest absolute Gasteiger partial charge is 0.224 e. The van der Waals surface area contributed by atoms with E-state index in [4.69, 9.17) is 10.5 Å². The number of hydrogen-bond acceptors (Lipinski definition) is 3. The maximum Gasteiger partial charge on any atom is 0.224 e. The molecule has 4 atom stereocenters. The average molecular weight is 339 g/mol. The van der Waals surface area contributed by atoms with Gasteiger partial charge in [0.2, 0.25) is 5.91 Å². The zero-order valence-corrected chi connectivity index (χ0v) is 14.5. The highest BCUT2D eigenvalue weighted by molar-refractivity contribution is 5.85. The number of ether oxygens (including phenoxy) is 1. The van der Waals surface area contributed by atoms with E-state index in [-0.39, 0.29) is 30.3 Å². The SMILES string of the molecule is Cc1ccccc1OCCCNC(=O)C1C2CCC(C2)C1N.Cl. The number of amides is 1. The minimum atomic E-state index is 0. The van der Waals surface area contributed by atoms with Gasteiger partial charge in [-0.05, 0) is 56.1 Å². The van der Waals surface area contributed by atoms with Gasteiger partial charge in [0.1, 0.15) is 5.75 Å². The third-order valence-electron chi connectivity index (χ3n) is 5.25. The summed E-state index contributed by atoms with van der Waals surface area (Å²) in [6, 6.07) is 8.05. The molecule has 0 saturated heterocycles. The first-order valence-electron chi connectivity index (χ1n) is 8.38. The van der Waals surface area contributed by atoms with Gasteiger partial charge in [-0.25, -0.2) is 0 Å². The van der Waals surface area contributed by atoms with Crippen molar-refractivity contribution in [3.05, 3.63) is 29.8 Å². The Kier molecular flexibility index (Phi) is 6.31. The number of halogens is 1. The molecule has 2 aliphatic rings. The van der Waals surface area contributed by atoms with Gasteiger partial charge >= 0.3 is 0 Å². The fourth-order valence-corrected chi connectivity index (χ4v) is 4.03. The van der Waals surface area contributed by atoms with Crippen molar-refractivity contribution in [2.24, 2.45) is 23.5 Å². The van der Waals surface area contributed by atoms with Crippen molar-refractivity contribution in [2.75, 3.05) is 13.2 Å². The quantitative estimate of drug-likeness (QED) is 0.784. The van der Waals surface area contributed by atoms with E-state index in [1.54, 1.807) is 0 Å². The monoisotopic (exact) mass is 338 g/mol. The lowest BCUT2D eigenvalue weighted by Gasteiger charge is -2.27. The predicted octanol–water partition coefficient (Wildman–Crippen LogP) is 2.68. The van der Waals surface area contributed by atoms with E-state index in [0.717, 1.165) is 24.2 Å². The number of hydrogen-bond donors (Lipinski definition) is 2. The van der Waals surface area contributed by atoms with Gasteiger partial charge in [-0.1, -0.05) is 18.2 Å². The molecule has 3 rings (SSSR count). The molecule has 2 bridgehead atoms. The maximum absolute atomic E-state index is 12.3. The molecule has 2 fully saturated rings. The van der Waals surface area contributed by atoms with E-state index >= 15 is 0 Å². The number of nitrogens with two attached hydrogens (primary N) is 1. The molecule has 1 amide bonds. The Bertz CT molecular complexity index is 536. The van der Waals surface area contributed by atoms with Gasteiger partial charge in [-0.2, -0.15) is 0 Å². The second-order valence-corrected chi connectivity index (χ2v) is 6.69. The van der Waals surface area contributed by atoms with Crippen molar-refractivity contribution in [3.8, 4) is 5.75 Å². The summed E-state index contributed by atoms with van der Waals surface area (Å²) in [5.74, 6) is 2.20. The molecule has 0 heterocycles. The van der Waals surface area contributed by atoms with Gasteiger partial charge in [-0.3, -0.25) is 4.79 Å². The maximum atomic E-state index is 12.3.